The highest BCUT2D eigenvalue weighted by atomic mass is 32.1. The molecular formula is C21H21FN2O3S. The standard InChI is InChI=1S/C21H21FN2O3S/c1-14(21(26)24(2)13-15-6-5-7-16(22)12-15)27-20(25)11-10-19-23-17-8-3-4-9-18(17)28-19/h3-9,12,14H,10-11,13H2,1-2H3/t14-/m1/s1. The fourth-order valence-corrected chi connectivity index (χ4v) is 3.81. The summed E-state index contributed by atoms with van der Waals surface area (Å²) in [6.45, 7) is 1.78. The van der Waals surface area contributed by atoms with Gasteiger partial charge in [-0.3, -0.25) is 9.59 Å². The molecule has 0 saturated carbocycles. The lowest BCUT2D eigenvalue weighted by Crippen LogP contribution is -2.37. The van der Waals surface area contributed by atoms with Crippen LogP contribution in [0.4, 0.5) is 4.39 Å². The predicted molar refractivity (Wildman–Crippen MR) is 106 cm³/mol. The number of esters is 1. The van der Waals surface area contributed by atoms with Gasteiger partial charge in [0.15, 0.2) is 6.10 Å². The maximum atomic E-state index is 13.3. The fourth-order valence-electron chi connectivity index (χ4n) is 2.84. The number of aryl methyl sites for hydroxylation is 1. The first-order valence-corrected chi connectivity index (χ1v) is 9.77. The van der Waals surface area contributed by atoms with Gasteiger partial charge in [-0.15, -0.1) is 11.3 Å². The summed E-state index contributed by atoms with van der Waals surface area (Å²) >= 11 is 1.55. The Labute approximate surface area is 166 Å². The van der Waals surface area contributed by atoms with Gasteiger partial charge in [0.2, 0.25) is 0 Å². The molecule has 0 radical (unpaired) electrons. The van der Waals surface area contributed by atoms with Crippen LogP contribution in [0.15, 0.2) is 48.5 Å². The van der Waals surface area contributed by atoms with E-state index < -0.39 is 12.1 Å². The summed E-state index contributed by atoms with van der Waals surface area (Å²) in [5.74, 6) is -1.13. The second kappa shape index (κ2) is 8.93. The Morgan fingerprint density at radius 2 is 2.00 bits per heavy atom. The first-order valence-electron chi connectivity index (χ1n) is 8.95. The van der Waals surface area contributed by atoms with E-state index in [-0.39, 0.29) is 24.7 Å². The van der Waals surface area contributed by atoms with Crippen LogP contribution in [0.3, 0.4) is 0 Å². The van der Waals surface area contributed by atoms with Gasteiger partial charge in [-0.25, -0.2) is 9.37 Å². The maximum Gasteiger partial charge on any atom is 0.306 e. The Kier molecular flexibility index (Phi) is 6.36. The number of ether oxygens (including phenoxy) is 1. The highest BCUT2D eigenvalue weighted by Gasteiger charge is 2.22. The molecular weight excluding hydrogens is 379 g/mol. The summed E-state index contributed by atoms with van der Waals surface area (Å²) in [4.78, 5) is 30.4. The second-order valence-corrected chi connectivity index (χ2v) is 7.65. The number of amides is 1. The molecule has 7 heteroatoms. The topological polar surface area (TPSA) is 59.5 Å². The van der Waals surface area contributed by atoms with Crippen molar-refractivity contribution in [3.05, 3.63) is 64.9 Å². The summed E-state index contributed by atoms with van der Waals surface area (Å²) < 4.78 is 19.6. The van der Waals surface area contributed by atoms with Crippen molar-refractivity contribution < 1.29 is 18.7 Å². The number of rotatable bonds is 7. The van der Waals surface area contributed by atoms with E-state index in [2.05, 4.69) is 4.98 Å². The van der Waals surface area contributed by atoms with Crippen LogP contribution >= 0.6 is 11.3 Å². The van der Waals surface area contributed by atoms with Crippen molar-refractivity contribution in [3.8, 4) is 0 Å². The van der Waals surface area contributed by atoms with Gasteiger partial charge in [0, 0.05) is 20.0 Å². The molecule has 0 saturated heterocycles. The minimum absolute atomic E-state index is 0.158. The van der Waals surface area contributed by atoms with E-state index in [1.807, 2.05) is 24.3 Å². The van der Waals surface area contributed by atoms with Crippen molar-refractivity contribution >= 4 is 33.4 Å². The number of benzene rings is 2. The lowest BCUT2D eigenvalue weighted by Gasteiger charge is -2.21. The van der Waals surface area contributed by atoms with Crippen molar-refractivity contribution in [2.45, 2.75) is 32.4 Å². The molecule has 1 heterocycles. The summed E-state index contributed by atoms with van der Waals surface area (Å²) in [6, 6.07) is 13.8. The van der Waals surface area contributed by atoms with E-state index in [0.29, 0.717) is 12.0 Å². The molecule has 0 fully saturated rings. The Balaban J connectivity index is 1.49. The maximum absolute atomic E-state index is 13.3. The average Bonchev–Trinajstić information content (AvgIpc) is 3.08. The normalized spacial score (nSPS) is 12.0. The number of para-hydroxylation sites is 1. The molecule has 3 aromatic rings. The van der Waals surface area contributed by atoms with Crippen molar-refractivity contribution in [1.29, 1.82) is 0 Å². The van der Waals surface area contributed by atoms with E-state index in [1.54, 1.807) is 37.4 Å². The van der Waals surface area contributed by atoms with Gasteiger partial charge in [-0.05, 0) is 36.8 Å². The van der Waals surface area contributed by atoms with Crippen LogP contribution in [-0.2, 0) is 27.3 Å². The third-order valence-electron chi connectivity index (χ3n) is 4.22. The number of aromatic nitrogens is 1. The molecule has 3 rings (SSSR count). The number of thiazole rings is 1. The summed E-state index contributed by atoms with van der Waals surface area (Å²) in [5, 5.41) is 0.861. The molecule has 0 aliphatic rings. The molecule has 0 bridgehead atoms. The van der Waals surface area contributed by atoms with Crippen LogP contribution in [0.2, 0.25) is 0 Å². The Morgan fingerprint density at radius 3 is 2.75 bits per heavy atom. The Bertz CT molecular complexity index is 955. The van der Waals surface area contributed by atoms with Crippen LogP contribution in [0.5, 0.6) is 0 Å². The number of carbonyl (C=O) groups excluding carboxylic acids is 2. The molecule has 28 heavy (non-hydrogen) atoms. The van der Waals surface area contributed by atoms with Gasteiger partial charge in [0.05, 0.1) is 21.6 Å². The first kappa shape index (κ1) is 19.9. The molecule has 0 N–H and O–H groups in total. The fraction of sp³-hybridized carbons (Fsp3) is 0.286. The Morgan fingerprint density at radius 1 is 1.21 bits per heavy atom. The highest BCUT2D eigenvalue weighted by Crippen LogP contribution is 2.22. The SMILES string of the molecule is C[C@@H](OC(=O)CCc1nc2ccccc2s1)C(=O)N(C)Cc1cccc(F)c1. The van der Waals surface area contributed by atoms with E-state index in [9.17, 15) is 14.0 Å². The van der Waals surface area contributed by atoms with Crippen LogP contribution in [0.25, 0.3) is 10.2 Å². The van der Waals surface area contributed by atoms with Gasteiger partial charge < -0.3 is 9.64 Å². The molecule has 2 aromatic carbocycles. The minimum Gasteiger partial charge on any atom is -0.453 e. The average molecular weight is 400 g/mol. The molecule has 0 aliphatic carbocycles. The van der Waals surface area contributed by atoms with Crippen LogP contribution < -0.4 is 0 Å². The number of likely N-dealkylation sites (N-methyl/N-ethyl adjacent to an activating group) is 1. The van der Waals surface area contributed by atoms with Gasteiger partial charge in [-0.2, -0.15) is 0 Å². The molecule has 0 spiro atoms. The molecule has 1 amide bonds. The van der Waals surface area contributed by atoms with Crippen molar-refractivity contribution in [1.82, 2.24) is 9.88 Å². The van der Waals surface area contributed by atoms with E-state index in [0.717, 1.165) is 15.2 Å². The van der Waals surface area contributed by atoms with Crippen LogP contribution in [0, 0.1) is 5.82 Å². The van der Waals surface area contributed by atoms with Gasteiger partial charge >= 0.3 is 5.97 Å². The van der Waals surface area contributed by atoms with E-state index in [4.69, 9.17) is 4.74 Å². The first-order chi connectivity index (χ1) is 13.4. The smallest absolute Gasteiger partial charge is 0.306 e. The van der Waals surface area contributed by atoms with E-state index >= 15 is 0 Å². The highest BCUT2D eigenvalue weighted by molar-refractivity contribution is 7.18. The molecule has 5 nitrogen and oxygen atoms in total. The molecule has 1 atom stereocenters. The molecule has 0 unspecified atom stereocenters. The number of hydrogen-bond acceptors (Lipinski definition) is 5. The van der Waals surface area contributed by atoms with Gasteiger partial charge in [0.1, 0.15) is 5.82 Å². The number of halogens is 1. The van der Waals surface area contributed by atoms with Crippen molar-refractivity contribution in [2.24, 2.45) is 0 Å². The predicted octanol–water partition coefficient (Wildman–Crippen LogP) is 3.96. The lowest BCUT2D eigenvalue weighted by molar-refractivity contribution is -0.158. The van der Waals surface area contributed by atoms with Gasteiger partial charge in [0.25, 0.3) is 5.91 Å². The number of fused-ring (bicyclic) bond motifs is 1. The van der Waals surface area contributed by atoms with Crippen LogP contribution in [0.1, 0.15) is 23.9 Å². The quantitative estimate of drug-likeness (QED) is 0.564. The van der Waals surface area contributed by atoms with Crippen LogP contribution in [-0.4, -0.2) is 34.9 Å². The zero-order chi connectivity index (χ0) is 20.1. The number of hydrogen-bond donors (Lipinski definition) is 0. The Hall–Kier alpha value is -2.80. The lowest BCUT2D eigenvalue weighted by atomic mass is 10.2. The largest absolute Gasteiger partial charge is 0.453 e. The summed E-state index contributed by atoms with van der Waals surface area (Å²) in [6.07, 6.45) is -0.273. The van der Waals surface area contributed by atoms with E-state index in [1.165, 1.54) is 17.0 Å². The third-order valence-corrected chi connectivity index (χ3v) is 5.32. The number of nitrogens with zero attached hydrogens (tertiary/aromatic N) is 2. The molecule has 0 aliphatic heterocycles. The monoisotopic (exact) mass is 400 g/mol. The summed E-state index contributed by atoms with van der Waals surface area (Å²) in [5.41, 5.74) is 1.59. The van der Waals surface area contributed by atoms with Gasteiger partial charge in [-0.1, -0.05) is 24.3 Å². The van der Waals surface area contributed by atoms with Crippen molar-refractivity contribution in [2.75, 3.05) is 7.05 Å². The minimum atomic E-state index is -0.901. The van der Waals surface area contributed by atoms with Crippen molar-refractivity contribution in [3.63, 3.8) is 0 Å². The zero-order valence-corrected chi connectivity index (χ0v) is 16.5. The second-order valence-electron chi connectivity index (χ2n) is 6.53. The molecule has 146 valence electrons. The zero-order valence-electron chi connectivity index (χ0n) is 15.7. The third kappa shape index (κ3) is 5.13. The molecule has 1 aromatic heterocycles. The summed E-state index contributed by atoms with van der Waals surface area (Å²) in [7, 11) is 1.60. The number of carbonyl (C=O) groups is 2.